The van der Waals surface area contributed by atoms with Crippen molar-refractivity contribution in [1.82, 2.24) is 19.5 Å². The largest absolute Gasteiger partial charge is 0.432 e. The molecule has 3 aromatic heterocycles. The molecule has 9 nitrogen and oxygen atoms in total. The van der Waals surface area contributed by atoms with E-state index in [0.717, 1.165) is 18.4 Å². The van der Waals surface area contributed by atoms with Crippen LogP contribution in [0.1, 0.15) is 48.2 Å². The number of carbonyl (C=O) groups excluding carboxylic acids is 2. The molecule has 4 aromatic rings. The molecule has 1 saturated heterocycles. The number of aromatic nitrogens is 4. The minimum atomic E-state index is -2.34. The van der Waals surface area contributed by atoms with Crippen LogP contribution in [0.4, 0.5) is 5.82 Å². The molecule has 42 heavy (non-hydrogen) atoms. The lowest BCUT2D eigenvalue weighted by Gasteiger charge is -2.45. The van der Waals surface area contributed by atoms with Gasteiger partial charge in [0.05, 0.1) is 25.2 Å². The van der Waals surface area contributed by atoms with E-state index >= 15 is 0 Å². The first-order valence-electron chi connectivity index (χ1n) is 14.0. The van der Waals surface area contributed by atoms with Gasteiger partial charge in [-0.25, -0.2) is 15.0 Å². The minimum Gasteiger partial charge on any atom is -0.432 e. The molecule has 1 amide bonds. The summed E-state index contributed by atoms with van der Waals surface area (Å²) in [6, 6.07) is 10.3. The van der Waals surface area contributed by atoms with Crippen LogP contribution in [0.2, 0.25) is 23.2 Å². The van der Waals surface area contributed by atoms with Crippen LogP contribution in [-0.4, -0.2) is 57.5 Å². The van der Waals surface area contributed by atoms with Crippen molar-refractivity contribution in [1.29, 1.82) is 0 Å². The van der Waals surface area contributed by atoms with E-state index in [0.29, 0.717) is 52.8 Å². The molecule has 220 valence electrons. The second-order valence-electron chi connectivity index (χ2n) is 12.5. The standard InChI is InChI=1S/C31H36ClN5O4Si/c1-30(2,42(3,4)40)10-11-31(18-41-19-31)17-37-16-25(24-15-33-20-35-29(24)37)28(39)22-9-12-34-26(14-22)36-27(38)13-21-5-7-23(32)8-6-21/h5-9,12,14-16,20,40H,10-11,13,17-19H2,1-4H3,(H,34,36,38). The molecule has 0 bridgehead atoms. The first-order valence-corrected chi connectivity index (χ1v) is 17.3. The summed E-state index contributed by atoms with van der Waals surface area (Å²) in [5.74, 6) is -0.163. The lowest BCUT2D eigenvalue weighted by Crippen LogP contribution is -2.47. The quantitative estimate of drug-likeness (QED) is 0.167. The highest BCUT2D eigenvalue weighted by Crippen LogP contribution is 2.46. The van der Waals surface area contributed by atoms with Crippen LogP contribution in [0, 0.1) is 5.41 Å². The average molecular weight is 606 g/mol. The fourth-order valence-electron chi connectivity index (χ4n) is 5.05. The molecule has 1 aliphatic rings. The number of ether oxygens (including phenoxy) is 1. The molecule has 0 radical (unpaired) electrons. The number of amides is 1. The van der Waals surface area contributed by atoms with Crippen LogP contribution < -0.4 is 5.32 Å². The fraction of sp³-hybridized carbons (Fsp3) is 0.387. The van der Waals surface area contributed by atoms with Crippen LogP contribution in [0.25, 0.3) is 11.0 Å². The summed E-state index contributed by atoms with van der Waals surface area (Å²) >= 11 is 5.94. The predicted octanol–water partition coefficient (Wildman–Crippen LogP) is 5.67. The second-order valence-corrected chi connectivity index (χ2v) is 17.4. The lowest BCUT2D eigenvalue weighted by molar-refractivity contribution is -0.127. The van der Waals surface area contributed by atoms with Crippen molar-refractivity contribution in [3.8, 4) is 0 Å². The maximum absolute atomic E-state index is 13.8. The smallest absolute Gasteiger partial charge is 0.229 e. The van der Waals surface area contributed by atoms with Crippen LogP contribution >= 0.6 is 11.6 Å². The number of ketones is 1. The summed E-state index contributed by atoms with van der Waals surface area (Å²) in [5, 5.41) is 3.91. The van der Waals surface area contributed by atoms with Gasteiger partial charge in [0.15, 0.2) is 14.1 Å². The zero-order valence-electron chi connectivity index (χ0n) is 24.4. The zero-order valence-corrected chi connectivity index (χ0v) is 26.1. The molecular formula is C31H36ClN5O4Si. The number of carbonyl (C=O) groups is 2. The van der Waals surface area contributed by atoms with Gasteiger partial charge < -0.3 is 19.4 Å². The van der Waals surface area contributed by atoms with E-state index < -0.39 is 8.32 Å². The Labute approximate surface area is 251 Å². The number of pyridine rings is 1. The monoisotopic (exact) mass is 605 g/mol. The Bertz CT molecular complexity index is 1610. The second kappa shape index (κ2) is 11.7. The number of nitrogens with one attached hydrogen (secondary N) is 1. The lowest BCUT2D eigenvalue weighted by atomic mass is 9.79. The van der Waals surface area contributed by atoms with Gasteiger partial charge >= 0.3 is 0 Å². The molecule has 1 fully saturated rings. The van der Waals surface area contributed by atoms with E-state index in [-0.39, 0.29) is 28.6 Å². The highest BCUT2D eigenvalue weighted by Gasteiger charge is 2.44. The normalized spacial score (nSPS) is 14.9. The molecule has 0 unspecified atom stereocenters. The van der Waals surface area contributed by atoms with Crippen LogP contribution in [0.3, 0.4) is 0 Å². The van der Waals surface area contributed by atoms with E-state index in [4.69, 9.17) is 16.3 Å². The third kappa shape index (κ3) is 6.46. The Morgan fingerprint density at radius 3 is 2.57 bits per heavy atom. The van der Waals surface area contributed by atoms with Gasteiger partial charge in [0.1, 0.15) is 17.8 Å². The van der Waals surface area contributed by atoms with Gasteiger partial charge in [-0.1, -0.05) is 37.6 Å². The van der Waals surface area contributed by atoms with Gasteiger partial charge in [0.25, 0.3) is 0 Å². The van der Waals surface area contributed by atoms with E-state index in [2.05, 4.69) is 34.1 Å². The van der Waals surface area contributed by atoms with Gasteiger partial charge in [-0.2, -0.15) is 0 Å². The van der Waals surface area contributed by atoms with E-state index in [1.165, 1.54) is 12.5 Å². The van der Waals surface area contributed by atoms with Crippen molar-refractivity contribution in [3.05, 3.63) is 83.0 Å². The highest BCUT2D eigenvalue weighted by atomic mass is 35.5. The van der Waals surface area contributed by atoms with Crippen molar-refractivity contribution in [3.63, 3.8) is 0 Å². The molecule has 0 spiro atoms. The number of hydrogen-bond donors (Lipinski definition) is 2. The molecule has 1 aromatic carbocycles. The molecular weight excluding hydrogens is 570 g/mol. The summed E-state index contributed by atoms with van der Waals surface area (Å²) < 4.78 is 7.70. The van der Waals surface area contributed by atoms with E-state index in [1.807, 2.05) is 23.9 Å². The minimum absolute atomic E-state index is 0.105. The zero-order chi connectivity index (χ0) is 30.1. The van der Waals surface area contributed by atoms with Crippen LogP contribution in [-0.2, 0) is 22.5 Å². The summed E-state index contributed by atoms with van der Waals surface area (Å²) in [5.41, 5.74) is 2.27. The maximum Gasteiger partial charge on any atom is 0.229 e. The van der Waals surface area contributed by atoms with Crippen molar-refractivity contribution in [2.45, 2.75) is 57.8 Å². The van der Waals surface area contributed by atoms with Gasteiger partial charge in [0, 0.05) is 46.5 Å². The van der Waals surface area contributed by atoms with E-state index in [1.54, 1.807) is 42.6 Å². The number of benzene rings is 1. The number of anilines is 1. The average Bonchev–Trinajstić information content (AvgIpc) is 3.28. The van der Waals surface area contributed by atoms with Crippen molar-refractivity contribution in [2.24, 2.45) is 5.41 Å². The molecule has 4 heterocycles. The third-order valence-electron chi connectivity index (χ3n) is 8.61. The SMILES string of the molecule is CC(C)(CCC1(Cn2cc(C(=O)c3ccnc(NC(=O)Cc4ccc(Cl)cc4)c3)c3cncnc32)COC1)[Si](C)(C)O. The summed E-state index contributed by atoms with van der Waals surface area (Å²) in [6.45, 7) is 10.1. The van der Waals surface area contributed by atoms with Gasteiger partial charge in [-0.15, -0.1) is 0 Å². The summed E-state index contributed by atoms with van der Waals surface area (Å²) in [4.78, 5) is 50.1. The Morgan fingerprint density at radius 2 is 1.90 bits per heavy atom. The Hall–Kier alpha value is -3.44. The molecule has 0 aliphatic carbocycles. The Kier molecular flexibility index (Phi) is 8.35. The molecule has 5 rings (SSSR count). The maximum atomic E-state index is 13.8. The van der Waals surface area contributed by atoms with E-state index in [9.17, 15) is 14.4 Å². The first kappa shape index (κ1) is 30.0. The number of halogens is 1. The van der Waals surface area contributed by atoms with Gasteiger partial charge in [-0.3, -0.25) is 9.59 Å². The van der Waals surface area contributed by atoms with Crippen LogP contribution in [0.5, 0.6) is 0 Å². The topological polar surface area (TPSA) is 119 Å². The summed E-state index contributed by atoms with van der Waals surface area (Å²) in [6.07, 6.45) is 8.44. The molecule has 1 aliphatic heterocycles. The third-order valence-corrected chi connectivity index (χ3v) is 12.4. The molecule has 2 N–H and O–H groups in total. The first-order chi connectivity index (χ1) is 19.9. The molecule has 0 atom stereocenters. The van der Waals surface area contributed by atoms with Gasteiger partial charge in [-0.05, 0) is 60.8 Å². The number of rotatable bonds is 11. The fourth-order valence-corrected chi connectivity index (χ4v) is 5.91. The number of nitrogens with zero attached hydrogens (tertiary/aromatic N) is 4. The number of fused-ring (bicyclic) bond motifs is 1. The summed E-state index contributed by atoms with van der Waals surface area (Å²) in [7, 11) is -2.34. The molecule has 0 saturated carbocycles. The van der Waals surface area contributed by atoms with Crippen LogP contribution in [0.15, 0.2) is 61.3 Å². The highest BCUT2D eigenvalue weighted by molar-refractivity contribution is 6.72. The Balaban J connectivity index is 1.35. The van der Waals surface area contributed by atoms with Gasteiger partial charge in [0.2, 0.25) is 5.91 Å². The van der Waals surface area contributed by atoms with Crippen molar-refractivity contribution >= 4 is 48.5 Å². The molecule has 11 heteroatoms. The predicted molar refractivity (Wildman–Crippen MR) is 165 cm³/mol. The van der Waals surface area contributed by atoms with Crippen molar-refractivity contribution < 1.29 is 19.1 Å². The Morgan fingerprint density at radius 1 is 1.17 bits per heavy atom. The van der Waals surface area contributed by atoms with Crippen molar-refractivity contribution in [2.75, 3.05) is 18.5 Å². The number of hydrogen-bond acceptors (Lipinski definition) is 7.